The van der Waals surface area contributed by atoms with Gasteiger partial charge in [-0.15, -0.1) is 0 Å². The fraction of sp³-hybridized carbons (Fsp3) is 0.586. The molecule has 0 bridgehead atoms. The van der Waals surface area contributed by atoms with E-state index in [-0.39, 0.29) is 23.2 Å². The van der Waals surface area contributed by atoms with Crippen molar-refractivity contribution in [2.45, 2.75) is 79.4 Å². The molecule has 196 valence electrons. The molecule has 0 aliphatic rings. The number of nitrogens with one attached hydrogen (secondary N) is 1. The predicted molar refractivity (Wildman–Crippen MR) is 146 cm³/mol. The van der Waals surface area contributed by atoms with E-state index in [9.17, 15) is 13.5 Å². The molecule has 2 aromatic carbocycles. The van der Waals surface area contributed by atoms with Gasteiger partial charge in [-0.2, -0.15) is 0 Å². The third-order valence-corrected chi connectivity index (χ3v) is 8.14. The Morgan fingerprint density at radius 2 is 1.54 bits per heavy atom. The Hall–Kier alpha value is -1.89. The minimum atomic E-state index is -2.96. The van der Waals surface area contributed by atoms with Gasteiger partial charge in [0.25, 0.3) is 0 Å². The molecule has 0 saturated carbocycles. The highest BCUT2D eigenvalue weighted by Gasteiger charge is 2.31. The lowest BCUT2D eigenvalue weighted by Crippen LogP contribution is -2.32. The van der Waals surface area contributed by atoms with Crippen LogP contribution in [0.25, 0.3) is 0 Å². The predicted octanol–water partition coefficient (Wildman–Crippen LogP) is 5.33. The van der Waals surface area contributed by atoms with Crippen LogP contribution in [0.3, 0.4) is 0 Å². The Kier molecular flexibility index (Phi) is 9.97. The molecule has 0 aromatic heterocycles. The van der Waals surface area contributed by atoms with Crippen molar-refractivity contribution in [1.82, 2.24) is 5.32 Å². The maximum Gasteiger partial charge on any atom is 0.148 e. The van der Waals surface area contributed by atoms with Crippen molar-refractivity contribution < 1.29 is 18.3 Å². The molecule has 0 radical (unpaired) electrons. The number of sulfone groups is 1. The zero-order chi connectivity index (χ0) is 26.4. The summed E-state index contributed by atoms with van der Waals surface area (Å²) in [4.78, 5) is 0. The molecule has 0 fully saturated rings. The van der Waals surface area contributed by atoms with Crippen LogP contribution in [0.5, 0.6) is 5.75 Å². The topological polar surface area (TPSA) is 75.6 Å². The van der Waals surface area contributed by atoms with E-state index in [0.29, 0.717) is 13.1 Å². The molecule has 5 nitrogen and oxygen atoms in total. The summed E-state index contributed by atoms with van der Waals surface area (Å²) in [7, 11) is -2.96. The lowest BCUT2D eigenvalue weighted by molar-refractivity contribution is 0.0216. The summed E-state index contributed by atoms with van der Waals surface area (Å²) in [6.45, 7) is 16.1. The highest BCUT2D eigenvalue weighted by Crippen LogP contribution is 2.41. The Balaban J connectivity index is 2.25. The SMILES string of the molecule is CCC(CC)(c1ccc(CNCCS(C)(=O)=O)c(C)c1)c1ccc(OCC(O)C(C)(C)C)c(C)c1. The van der Waals surface area contributed by atoms with Gasteiger partial charge in [-0.25, -0.2) is 8.42 Å². The smallest absolute Gasteiger partial charge is 0.148 e. The quantitative estimate of drug-likeness (QED) is 0.383. The largest absolute Gasteiger partial charge is 0.491 e. The molecule has 0 heterocycles. The summed E-state index contributed by atoms with van der Waals surface area (Å²) in [5.74, 6) is 0.956. The Morgan fingerprint density at radius 3 is 2.03 bits per heavy atom. The van der Waals surface area contributed by atoms with Gasteiger partial charge in [-0.3, -0.25) is 0 Å². The molecule has 0 aliphatic carbocycles. The van der Waals surface area contributed by atoms with Crippen LogP contribution in [0.4, 0.5) is 0 Å². The zero-order valence-electron chi connectivity index (χ0n) is 22.9. The van der Waals surface area contributed by atoms with Crippen LogP contribution < -0.4 is 10.1 Å². The lowest BCUT2D eigenvalue weighted by Gasteiger charge is -2.34. The zero-order valence-corrected chi connectivity index (χ0v) is 23.7. The van der Waals surface area contributed by atoms with E-state index in [2.05, 4.69) is 63.3 Å². The van der Waals surface area contributed by atoms with E-state index in [1.165, 1.54) is 28.5 Å². The van der Waals surface area contributed by atoms with Crippen LogP contribution in [-0.2, 0) is 21.8 Å². The summed E-state index contributed by atoms with van der Waals surface area (Å²) in [5.41, 5.74) is 5.67. The van der Waals surface area contributed by atoms with E-state index in [0.717, 1.165) is 24.2 Å². The third kappa shape index (κ3) is 7.80. The van der Waals surface area contributed by atoms with Crippen LogP contribution in [-0.4, -0.2) is 44.8 Å². The second-order valence-electron chi connectivity index (χ2n) is 10.9. The fourth-order valence-electron chi connectivity index (χ4n) is 4.43. The van der Waals surface area contributed by atoms with Crippen molar-refractivity contribution in [2.24, 2.45) is 5.41 Å². The molecule has 2 rings (SSSR count). The summed E-state index contributed by atoms with van der Waals surface area (Å²) < 4.78 is 28.7. The molecule has 0 amide bonds. The van der Waals surface area contributed by atoms with E-state index in [4.69, 9.17) is 4.74 Å². The first-order chi connectivity index (χ1) is 16.2. The van der Waals surface area contributed by atoms with Crippen molar-refractivity contribution in [2.75, 3.05) is 25.2 Å². The van der Waals surface area contributed by atoms with Crippen molar-refractivity contribution in [3.63, 3.8) is 0 Å². The normalized spacial score (nSPS) is 13.6. The van der Waals surface area contributed by atoms with Gasteiger partial charge in [0.05, 0.1) is 11.9 Å². The van der Waals surface area contributed by atoms with Gasteiger partial charge >= 0.3 is 0 Å². The summed E-state index contributed by atoms with van der Waals surface area (Å²) in [5, 5.41) is 13.6. The number of rotatable bonds is 12. The highest BCUT2D eigenvalue weighted by molar-refractivity contribution is 7.90. The molecule has 0 spiro atoms. The average molecular weight is 504 g/mol. The van der Waals surface area contributed by atoms with Crippen LogP contribution in [0.15, 0.2) is 36.4 Å². The number of hydrogen-bond acceptors (Lipinski definition) is 5. The maximum atomic E-state index is 11.4. The number of hydrogen-bond donors (Lipinski definition) is 2. The van der Waals surface area contributed by atoms with Gasteiger partial charge in [-0.05, 0) is 66.0 Å². The van der Waals surface area contributed by atoms with E-state index in [1.807, 2.05) is 26.8 Å². The summed E-state index contributed by atoms with van der Waals surface area (Å²) >= 11 is 0. The highest BCUT2D eigenvalue weighted by atomic mass is 32.2. The van der Waals surface area contributed by atoms with Crippen LogP contribution in [0.2, 0.25) is 0 Å². The lowest BCUT2D eigenvalue weighted by atomic mass is 9.70. The first kappa shape index (κ1) is 29.3. The van der Waals surface area contributed by atoms with Crippen molar-refractivity contribution >= 4 is 9.84 Å². The van der Waals surface area contributed by atoms with Gasteiger partial charge in [0, 0.05) is 24.8 Å². The molecule has 2 aromatic rings. The fourth-order valence-corrected chi connectivity index (χ4v) is 4.95. The number of ether oxygens (including phenoxy) is 1. The second kappa shape index (κ2) is 11.9. The summed E-state index contributed by atoms with van der Waals surface area (Å²) in [6, 6.07) is 13.1. The molecule has 2 N–H and O–H groups in total. The van der Waals surface area contributed by atoms with Crippen molar-refractivity contribution in [3.8, 4) is 5.75 Å². The Bertz CT molecular complexity index is 1080. The van der Waals surface area contributed by atoms with Gasteiger partial charge in [0.15, 0.2) is 0 Å². The Labute approximate surface area is 213 Å². The molecule has 35 heavy (non-hydrogen) atoms. The minimum Gasteiger partial charge on any atom is -0.491 e. The van der Waals surface area contributed by atoms with Crippen molar-refractivity contribution in [3.05, 3.63) is 64.2 Å². The molecule has 1 unspecified atom stereocenters. The van der Waals surface area contributed by atoms with Crippen LogP contribution in [0.1, 0.15) is 75.3 Å². The number of aryl methyl sites for hydroxylation is 2. The van der Waals surface area contributed by atoms with Crippen molar-refractivity contribution in [1.29, 1.82) is 0 Å². The second-order valence-corrected chi connectivity index (χ2v) is 13.2. The van der Waals surface area contributed by atoms with Crippen LogP contribution in [0, 0.1) is 19.3 Å². The first-order valence-electron chi connectivity index (χ1n) is 12.6. The minimum absolute atomic E-state index is 0.110. The van der Waals surface area contributed by atoms with Gasteiger partial charge in [-0.1, -0.05) is 65.0 Å². The summed E-state index contributed by atoms with van der Waals surface area (Å²) in [6.07, 6.45) is 2.67. The molecular weight excluding hydrogens is 458 g/mol. The molecule has 0 aliphatic heterocycles. The van der Waals surface area contributed by atoms with Gasteiger partial charge < -0.3 is 15.2 Å². The molecule has 6 heteroatoms. The molecule has 1 atom stereocenters. The Morgan fingerprint density at radius 1 is 0.971 bits per heavy atom. The number of benzene rings is 2. The van der Waals surface area contributed by atoms with E-state index >= 15 is 0 Å². The van der Waals surface area contributed by atoms with E-state index in [1.54, 1.807) is 0 Å². The van der Waals surface area contributed by atoms with Gasteiger partial charge in [0.2, 0.25) is 0 Å². The third-order valence-electron chi connectivity index (χ3n) is 7.19. The first-order valence-corrected chi connectivity index (χ1v) is 14.7. The maximum absolute atomic E-state index is 11.4. The average Bonchev–Trinajstić information content (AvgIpc) is 2.77. The molecule has 0 saturated heterocycles. The standard InChI is InChI=1S/C29H45NO4S/c1-9-29(10-2,24-12-11-23(21(3)17-24)19-30-15-16-35(8,32)33)25-13-14-26(22(4)18-25)34-20-27(31)28(5,6)7/h11-14,17-18,27,30-31H,9-10,15-16,19-20H2,1-8H3. The van der Waals surface area contributed by atoms with Crippen LogP contribution >= 0.6 is 0 Å². The number of aliphatic hydroxyl groups excluding tert-OH is 1. The van der Waals surface area contributed by atoms with E-state index < -0.39 is 15.9 Å². The monoisotopic (exact) mass is 503 g/mol. The van der Waals surface area contributed by atoms with Gasteiger partial charge in [0.1, 0.15) is 22.2 Å². The molecular formula is C29H45NO4S. The number of aliphatic hydroxyl groups is 1.